The first-order valence-electron chi connectivity index (χ1n) is 6.67. The van der Waals surface area contributed by atoms with Crippen LogP contribution >= 0.6 is 15.9 Å². The van der Waals surface area contributed by atoms with Crippen molar-refractivity contribution in [1.82, 2.24) is 9.99 Å². The van der Waals surface area contributed by atoms with Gasteiger partial charge in [-0.05, 0) is 48.0 Å². The molecule has 1 aromatic carbocycles. The molecule has 1 heterocycles. The van der Waals surface area contributed by atoms with E-state index in [1.165, 1.54) is 0 Å². The van der Waals surface area contributed by atoms with Crippen LogP contribution in [-0.2, 0) is 4.79 Å². The van der Waals surface area contributed by atoms with Crippen molar-refractivity contribution in [2.24, 2.45) is 5.10 Å². The molecule has 0 spiro atoms. The third kappa shape index (κ3) is 3.43. The lowest BCUT2D eigenvalue weighted by atomic mass is 10.2. The molecule has 22 heavy (non-hydrogen) atoms. The number of hydrogen-bond acceptors (Lipinski definition) is 3. The molecule has 0 bridgehead atoms. The molecule has 2 aromatic rings. The van der Waals surface area contributed by atoms with E-state index in [2.05, 4.69) is 31.0 Å². The summed E-state index contributed by atoms with van der Waals surface area (Å²) in [4.78, 5) is 11.2. The number of nitriles is 1. The zero-order valence-corrected chi connectivity index (χ0v) is 13.9. The van der Waals surface area contributed by atoms with Gasteiger partial charge in [0.25, 0.3) is 5.91 Å². The summed E-state index contributed by atoms with van der Waals surface area (Å²) in [6.07, 6.45) is 1.39. The summed E-state index contributed by atoms with van der Waals surface area (Å²) < 4.78 is 3.12. The maximum absolute atomic E-state index is 11.2. The summed E-state index contributed by atoms with van der Waals surface area (Å²) in [6.45, 7) is 4.00. The average molecular weight is 359 g/mol. The van der Waals surface area contributed by atoms with E-state index in [-0.39, 0.29) is 6.42 Å². The highest BCUT2D eigenvalue weighted by atomic mass is 79.9. The van der Waals surface area contributed by atoms with Gasteiger partial charge in [-0.3, -0.25) is 4.79 Å². The van der Waals surface area contributed by atoms with Crippen LogP contribution in [0.1, 0.15) is 23.4 Å². The summed E-state index contributed by atoms with van der Waals surface area (Å²) in [5.41, 5.74) is 6.36. The molecule has 0 atom stereocenters. The van der Waals surface area contributed by atoms with E-state index < -0.39 is 5.91 Å². The Labute approximate surface area is 137 Å². The van der Waals surface area contributed by atoms with E-state index in [0.717, 1.165) is 27.1 Å². The van der Waals surface area contributed by atoms with Gasteiger partial charge in [-0.2, -0.15) is 10.4 Å². The first-order chi connectivity index (χ1) is 10.5. The van der Waals surface area contributed by atoms with Crippen LogP contribution in [-0.4, -0.2) is 16.7 Å². The minimum Gasteiger partial charge on any atom is -0.317 e. The number of carbonyl (C=O) groups is 1. The predicted molar refractivity (Wildman–Crippen MR) is 88.9 cm³/mol. The Morgan fingerprint density at radius 1 is 1.45 bits per heavy atom. The molecule has 0 saturated heterocycles. The van der Waals surface area contributed by atoms with Gasteiger partial charge < -0.3 is 4.57 Å². The standard InChI is InChI=1S/C16H15BrN4O/c1-11-9-13(10-19-20-16(22)7-8-18)12(2)21(11)15-6-4-3-5-14(15)17/h3-6,9-10H,7H2,1-2H3,(H,20,22)/b19-10-. The number of nitrogens with zero attached hydrogens (tertiary/aromatic N) is 3. The SMILES string of the molecule is Cc1cc(/C=N\NC(=O)CC#N)c(C)n1-c1ccccc1Br. The van der Waals surface area contributed by atoms with Crippen LogP contribution < -0.4 is 5.43 Å². The predicted octanol–water partition coefficient (Wildman–Crippen LogP) is 3.22. The highest BCUT2D eigenvalue weighted by Crippen LogP contribution is 2.25. The molecule has 0 unspecified atom stereocenters. The minimum absolute atomic E-state index is 0.201. The largest absolute Gasteiger partial charge is 0.317 e. The number of amides is 1. The van der Waals surface area contributed by atoms with Crippen LogP contribution in [0.2, 0.25) is 0 Å². The zero-order valence-electron chi connectivity index (χ0n) is 12.3. The first kappa shape index (κ1) is 16.0. The topological polar surface area (TPSA) is 70.2 Å². The Morgan fingerprint density at radius 3 is 2.86 bits per heavy atom. The van der Waals surface area contributed by atoms with Crippen LogP contribution in [0.4, 0.5) is 0 Å². The number of halogens is 1. The van der Waals surface area contributed by atoms with Gasteiger partial charge in [0.05, 0.1) is 18.0 Å². The van der Waals surface area contributed by atoms with Gasteiger partial charge in [0, 0.05) is 21.4 Å². The van der Waals surface area contributed by atoms with E-state index in [1.807, 2.05) is 44.2 Å². The lowest BCUT2D eigenvalue weighted by Gasteiger charge is -2.11. The molecule has 112 valence electrons. The van der Waals surface area contributed by atoms with Crippen molar-refractivity contribution < 1.29 is 4.79 Å². The van der Waals surface area contributed by atoms with E-state index in [4.69, 9.17) is 5.26 Å². The van der Waals surface area contributed by atoms with Crippen LogP contribution in [0.25, 0.3) is 5.69 Å². The summed E-state index contributed by atoms with van der Waals surface area (Å²) in [7, 11) is 0. The normalized spacial score (nSPS) is 10.6. The highest BCUT2D eigenvalue weighted by molar-refractivity contribution is 9.10. The fourth-order valence-corrected chi connectivity index (χ4v) is 2.67. The number of aromatic nitrogens is 1. The molecular weight excluding hydrogens is 344 g/mol. The van der Waals surface area contributed by atoms with E-state index >= 15 is 0 Å². The fourth-order valence-electron chi connectivity index (χ4n) is 2.21. The van der Waals surface area contributed by atoms with Gasteiger partial charge in [-0.15, -0.1) is 0 Å². The maximum atomic E-state index is 11.2. The summed E-state index contributed by atoms with van der Waals surface area (Å²) in [5, 5.41) is 12.3. The molecule has 0 aliphatic rings. The minimum atomic E-state index is -0.418. The van der Waals surface area contributed by atoms with Gasteiger partial charge >= 0.3 is 0 Å². The van der Waals surface area contributed by atoms with Crippen LogP contribution in [0.5, 0.6) is 0 Å². The number of nitrogens with one attached hydrogen (secondary N) is 1. The van der Waals surface area contributed by atoms with Crippen LogP contribution in [0, 0.1) is 25.2 Å². The maximum Gasteiger partial charge on any atom is 0.254 e. The van der Waals surface area contributed by atoms with Crippen molar-refractivity contribution in [3.05, 3.63) is 51.8 Å². The van der Waals surface area contributed by atoms with E-state index in [1.54, 1.807) is 12.3 Å². The molecule has 1 N–H and O–H groups in total. The molecule has 0 radical (unpaired) electrons. The third-order valence-corrected chi connectivity index (χ3v) is 3.87. The van der Waals surface area contributed by atoms with Crippen molar-refractivity contribution in [2.45, 2.75) is 20.3 Å². The molecule has 5 nitrogen and oxygen atoms in total. The Bertz CT molecular complexity index is 771. The Kier molecular flexibility index (Phi) is 5.12. The van der Waals surface area contributed by atoms with Gasteiger partial charge in [0.1, 0.15) is 6.42 Å². The van der Waals surface area contributed by atoms with Gasteiger partial charge in [-0.25, -0.2) is 5.43 Å². The monoisotopic (exact) mass is 358 g/mol. The molecule has 1 aromatic heterocycles. The van der Waals surface area contributed by atoms with Crippen LogP contribution in [0.15, 0.2) is 39.9 Å². The third-order valence-electron chi connectivity index (χ3n) is 3.20. The molecule has 0 aliphatic heterocycles. The quantitative estimate of drug-likeness (QED) is 0.673. The number of hydrogen-bond donors (Lipinski definition) is 1. The molecule has 2 rings (SSSR count). The summed E-state index contributed by atoms with van der Waals surface area (Å²) in [5.74, 6) is -0.418. The molecular formula is C16H15BrN4O. The molecule has 6 heteroatoms. The average Bonchev–Trinajstić information content (AvgIpc) is 2.75. The van der Waals surface area contributed by atoms with Crippen molar-refractivity contribution in [1.29, 1.82) is 5.26 Å². The van der Waals surface area contributed by atoms with Gasteiger partial charge in [0.15, 0.2) is 0 Å². The number of rotatable bonds is 4. The van der Waals surface area contributed by atoms with Gasteiger partial charge in [0.2, 0.25) is 0 Å². The van der Waals surface area contributed by atoms with Crippen molar-refractivity contribution >= 4 is 28.1 Å². The number of hydrazone groups is 1. The Morgan fingerprint density at radius 2 is 2.18 bits per heavy atom. The second kappa shape index (κ2) is 7.05. The lowest BCUT2D eigenvalue weighted by molar-refractivity contribution is -0.120. The second-order valence-electron chi connectivity index (χ2n) is 4.74. The zero-order chi connectivity index (χ0) is 16.1. The number of aryl methyl sites for hydroxylation is 1. The molecule has 0 saturated carbocycles. The molecule has 0 fully saturated rings. The van der Waals surface area contributed by atoms with Crippen molar-refractivity contribution in [3.8, 4) is 11.8 Å². The van der Waals surface area contributed by atoms with Crippen molar-refractivity contribution in [3.63, 3.8) is 0 Å². The Balaban J connectivity index is 2.29. The Hall–Kier alpha value is -2.39. The lowest BCUT2D eigenvalue weighted by Crippen LogP contribution is -2.16. The smallest absolute Gasteiger partial charge is 0.254 e. The van der Waals surface area contributed by atoms with E-state index in [9.17, 15) is 4.79 Å². The summed E-state index contributed by atoms with van der Waals surface area (Å²) in [6, 6.07) is 11.7. The van der Waals surface area contributed by atoms with Crippen LogP contribution in [0.3, 0.4) is 0 Å². The second-order valence-corrected chi connectivity index (χ2v) is 5.60. The first-order valence-corrected chi connectivity index (χ1v) is 7.46. The van der Waals surface area contributed by atoms with Gasteiger partial charge in [-0.1, -0.05) is 12.1 Å². The molecule has 1 amide bonds. The number of para-hydroxylation sites is 1. The van der Waals surface area contributed by atoms with E-state index in [0.29, 0.717) is 0 Å². The number of benzene rings is 1. The summed E-state index contributed by atoms with van der Waals surface area (Å²) >= 11 is 3.56. The highest BCUT2D eigenvalue weighted by Gasteiger charge is 2.11. The number of carbonyl (C=O) groups excluding carboxylic acids is 1. The fraction of sp³-hybridized carbons (Fsp3) is 0.188. The molecule has 0 aliphatic carbocycles. The van der Waals surface area contributed by atoms with Crippen molar-refractivity contribution in [2.75, 3.05) is 0 Å².